The summed E-state index contributed by atoms with van der Waals surface area (Å²) in [6.45, 7) is 0. The van der Waals surface area contributed by atoms with Crippen molar-refractivity contribution in [2.24, 2.45) is 0 Å². The smallest absolute Gasteiger partial charge is 0.333 e. The van der Waals surface area contributed by atoms with E-state index in [0.717, 1.165) is 5.56 Å². The van der Waals surface area contributed by atoms with E-state index in [1.165, 1.54) is 14.2 Å². The first-order valence-corrected chi connectivity index (χ1v) is 6.30. The Balaban J connectivity index is 1.96. The van der Waals surface area contributed by atoms with Crippen LogP contribution in [0.25, 0.3) is 0 Å². The normalized spacial score (nSPS) is 10.0. The summed E-state index contributed by atoms with van der Waals surface area (Å²) in [6.07, 6.45) is 0.805. The van der Waals surface area contributed by atoms with Crippen LogP contribution < -0.4 is 14.2 Å². The number of nitrogens with zero attached hydrogens (tertiary/aromatic N) is 3. The van der Waals surface area contributed by atoms with Gasteiger partial charge in [-0.25, -0.2) is 0 Å². The third-order valence-corrected chi connectivity index (χ3v) is 2.60. The van der Waals surface area contributed by atoms with E-state index in [1.54, 1.807) is 0 Å². The van der Waals surface area contributed by atoms with E-state index in [0.29, 0.717) is 6.42 Å². The van der Waals surface area contributed by atoms with Crippen LogP contribution in [0.5, 0.6) is 18.0 Å². The molecular formula is C14H15N3O4. The van der Waals surface area contributed by atoms with Gasteiger partial charge in [0, 0.05) is 0 Å². The number of rotatable bonds is 6. The van der Waals surface area contributed by atoms with Gasteiger partial charge in [-0.15, -0.1) is 15.0 Å². The average molecular weight is 289 g/mol. The summed E-state index contributed by atoms with van der Waals surface area (Å²) in [5.74, 6) is -0.436. The van der Waals surface area contributed by atoms with E-state index in [-0.39, 0.29) is 24.5 Å². The molecule has 1 aromatic heterocycles. The Morgan fingerprint density at radius 2 is 1.52 bits per heavy atom. The lowest BCUT2D eigenvalue weighted by Gasteiger charge is -2.05. The Kier molecular flexibility index (Phi) is 5.03. The van der Waals surface area contributed by atoms with E-state index in [2.05, 4.69) is 15.0 Å². The first-order chi connectivity index (χ1) is 10.2. The van der Waals surface area contributed by atoms with Gasteiger partial charge in [-0.05, 0) is 12.0 Å². The van der Waals surface area contributed by atoms with Crippen LogP contribution >= 0.6 is 0 Å². The lowest BCUT2D eigenvalue weighted by molar-refractivity contribution is -0.134. The molecule has 1 aromatic carbocycles. The summed E-state index contributed by atoms with van der Waals surface area (Å²) >= 11 is 0. The summed E-state index contributed by atoms with van der Waals surface area (Å²) in [6, 6.07) is 9.55. The molecule has 0 saturated heterocycles. The van der Waals surface area contributed by atoms with Gasteiger partial charge in [0.05, 0.1) is 20.6 Å². The molecule has 0 fully saturated rings. The second-order valence-electron chi connectivity index (χ2n) is 4.05. The van der Waals surface area contributed by atoms with Crippen molar-refractivity contribution >= 4 is 5.97 Å². The van der Waals surface area contributed by atoms with Crippen molar-refractivity contribution in [2.75, 3.05) is 14.2 Å². The van der Waals surface area contributed by atoms with Gasteiger partial charge in [0.15, 0.2) is 0 Å². The maximum Gasteiger partial charge on any atom is 0.333 e. The number of aromatic nitrogens is 3. The van der Waals surface area contributed by atoms with Gasteiger partial charge in [0.2, 0.25) is 0 Å². The van der Waals surface area contributed by atoms with Gasteiger partial charge in [0.1, 0.15) is 0 Å². The maximum atomic E-state index is 11.8. The fourth-order valence-corrected chi connectivity index (χ4v) is 1.59. The van der Waals surface area contributed by atoms with Gasteiger partial charge in [-0.1, -0.05) is 30.3 Å². The van der Waals surface area contributed by atoms with Crippen LogP contribution in [0.3, 0.4) is 0 Å². The van der Waals surface area contributed by atoms with Crippen LogP contribution in [0.4, 0.5) is 0 Å². The molecular weight excluding hydrogens is 274 g/mol. The topological polar surface area (TPSA) is 83.4 Å². The summed E-state index contributed by atoms with van der Waals surface area (Å²) in [4.78, 5) is 23.2. The molecule has 0 unspecified atom stereocenters. The Morgan fingerprint density at radius 3 is 2.10 bits per heavy atom. The zero-order valence-electron chi connectivity index (χ0n) is 11.8. The van der Waals surface area contributed by atoms with Gasteiger partial charge < -0.3 is 14.2 Å². The number of hydrogen-bond donors (Lipinski definition) is 0. The minimum atomic E-state index is -0.436. The minimum Gasteiger partial charge on any atom is -0.467 e. The van der Waals surface area contributed by atoms with Crippen molar-refractivity contribution in [2.45, 2.75) is 12.8 Å². The Bertz CT molecular complexity index is 582. The molecule has 0 radical (unpaired) electrons. The highest BCUT2D eigenvalue weighted by Crippen LogP contribution is 2.14. The van der Waals surface area contributed by atoms with E-state index in [1.807, 2.05) is 30.3 Å². The molecule has 21 heavy (non-hydrogen) atoms. The van der Waals surface area contributed by atoms with Crippen molar-refractivity contribution in [3.05, 3.63) is 35.9 Å². The van der Waals surface area contributed by atoms with Crippen LogP contribution in [0.2, 0.25) is 0 Å². The molecule has 2 rings (SSSR count). The zero-order valence-corrected chi connectivity index (χ0v) is 11.8. The van der Waals surface area contributed by atoms with Crippen molar-refractivity contribution in [3.63, 3.8) is 0 Å². The third kappa shape index (κ3) is 4.41. The fraction of sp³-hybridized carbons (Fsp3) is 0.286. The number of esters is 1. The molecule has 0 saturated carbocycles. The summed E-state index contributed by atoms with van der Waals surface area (Å²) in [5, 5.41) is 0. The molecule has 0 bridgehead atoms. The third-order valence-electron chi connectivity index (χ3n) is 2.60. The predicted octanol–water partition coefficient (Wildman–Crippen LogP) is 1.43. The molecule has 0 atom stereocenters. The number of aryl methyl sites for hydroxylation is 1. The van der Waals surface area contributed by atoms with Crippen LogP contribution in [-0.4, -0.2) is 35.1 Å². The van der Waals surface area contributed by atoms with E-state index >= 15 is 0 Å². The van der Waals surface area contributed by atoms with Crippen LogP contribution in [-0.2, 0) is 11.2 Å². The van der Waals surface area contributed by atoms with E-state index < -0.39 is 5.97 Å². The van der Waals surface area contributed by atoms with Crippen molar-refractivity contribution in [1.29, 1.82) is 0 Å². The number of ether oxygens (including phenoxy) is 3. The summed E-state index contributed by atoms with van der Waals surface area (Å²) in [5.41, 5.74) is 1.06. The largest absolute Gasteiger partial charge is 0.467 e. The lowest BCUT2D eigenvalue weighted by atomic mass is 10.1. The summed E-state index contributed by atoms with van der Waals surface area (Å²) in [7, 11) is 2.80. The number of carbonyl (C=O) groups is 1. The van der Waals surface area contributed by atoms with Crippen molar-refractivity contribution in [1.82, 2.24) is 15.0 Å². The van der Waals surface area contributed by atoms with Gasteiger partial charge in [-0.3, -0.25) is 4.79 Å². The molecule has 0 aliphatic heterocycles. The molecule has 0 spiro atoms. The monoisotopic (exact) mass is 289 g/mol. The first kappa shape index (κ1) is 14.7. The molecule has 7 nitrogen and oxygen atoms in total. The minimum absolute atomic E-state index is 0.0210. The lowest BCUT2D eigenvalue weighted by Crippen LogP contribution is -2.12. The maximum absolute atomic E-state index is 11.8. The predicted molar refractivity (Wildman–Crippen MR) is 73.3 cm³/mol. The molecule has 1 heterocycles. The summed E-state index contributed by atoms with van der Waals surface area (Å²) < 4.78 is 14.8. The highest BCUT2D eigenvalue weighted by atomic mass is 16.6. The molecule has 0 N–H and O–H groups in total. The Hall–Kier alpha value is -2.70. The molecule has 110 valence electrons. The molecule has 7 heteroatoms. The number of benzene rings is 1. The fourth-order valence-electron chi connectivity index (χ4n) is 1.59. The highest BCUT2D eigenvalue weighted by molar-refractivity contribution is 5.71. The number of carbonyl (C=O) groups excluding carboxylic acids is 1. The molecule has 0 amide bonds. The van der Waals surface area contributed by atoms with Crippen LogP contribution in [0, 0.1) is 0 Å². The SMILES string of the molecule is COc1nc(OC)nc(OC(=O)CCc2ccccc2)n1. The molecule has 2 aromatic rings. The standard InChI is InChI=1S/C14H15N3O4/c1-19-12-15-13(20-2)17-14(16-12)21-11(18)9-8-10-6-4-3-5-7-10/h3-7H,8-9H2,1-2H3. The average Bonchev–Trinajstić information content (AvgIpc) is 2.53. The Morgan fingerprint density at radius 1 is 0.952 bits per heavy atom. The van der Waals surface area contributed by atoms with Crippen molar-refractivity contribution < 1.29 is 19.0 Å². The second kappa shape index (κ2) is 7.18. The van der Waals surface area contributed by atoms with Crippen LogP contribution in [0.1, 0.15) is 12.0 Å². The number of hydrogen-bond acceptors (Lipinski definition) is 7. The van der Waals surface area contributed by atoms with Gasteiger partial charge in [-0.2, -0.15) is 0 Å². The molecule has 0 aliphatic rings. The zero-order chi connectivity index (χ0) is 15.1. The molecule has 0 aliphatic carbocycles. The van der Waals surface area contributed by atoms with Crippen LogP contribution in [0.15, 0.2) is 30.3 Å². The quantitative estimate of drug-likeness (QED) is 0.744. The van der Waals surface area contributed by atoms with Crippen molar-refractivity contribution in [3.8, 4) is 18.0 Å². The van der Waals surface area contributed by atoms with Gasteiger partial charge >= 0.3 is 24.0 Å². The second-order valence-corrected chi connectivity index (χ2v) is 4.05. The Labute approximate surface area is 121 Å². The first-order valence-electron chi connectivity index (χ1n) is 6.30. The number of methoxy groups -OCH3 is 2. The van der Waals surface area contributed by atoms with E-state index in [4.69, 9.17) is 14.2 Å². The highest BCUT2D eigenvalue weighted by Gasteiger charge is 2.12. The van der Waals surface area contributed by atoms with Gasteiger partial charge in [0.25, 0.3) is 0 Å². The van der Waals surface area contributed by atoms with E-state index in [9.17, 15) is 4.79 Å².